The van der Waals surface area contributed by atoms with Gasteiger partial charge in [-0.3, -0.25) is 9.68 Å². The van der Waals surface area contributed by atoms with E-state index in [0.717, 1.165) is 0 Å². The van der Waals surface area contributed by atoms with E-state index in [4.69, 9.17) is 9.99 Å². The maximum absolute atomic E-state index is 11.0. The van der Waals surface area contributed by atoms with E-state index in [1.54, 1.807) is 20.8 Å². The topological polar surface area (TPSA) is 72.8 Å². The van der Waals surface area contributed by atoms with Gasteiger partial charge in [-0.1, -0.05) is 0 Å². The van der Waals surface area contributed by atoms with E-state index in [0.29, 0.717) is 12.8 Å². The van der Waals surface area contributed by atoms with Crippen LogP contribution in [-0.4, -0.2) is 22.6 Å². The van der Waals surface area contributed by atoms with Gasteiger partial charge in [0, 0.05) is 12.8 Å². The quantitative estimate of drug-likeness (QED) is 0.419. The molecule has 0 heterocycles. The lowest BCUT2D eigenvalue weighted by atomic mass is 10.2. The van der Waals surface area contributed by atoms with Crippen molar-refractivity contribution in [3.63, 3.8) is 0 Å². The third-order valence-electron chi connectivity index (χ3n) is 1.41. The molecule has 88 valence electrons. The monoisotopic (exact) mass is 218 g/mol. The van der Waals surface area contributed by atoms with E-state index in [9.17, 15) is 9.59 Å². The van der Waals surface area contributed by atoms with Gasteiger partial charge in [-0.15, -0.1) is 0 Å². The van der Waals surface area contributed by atoms with Crippen molar-refractivity contribution < 1.29 is 24.5 Å². The lowest BCUT2D eigenvalue weighted by Gasteiger charge is -2.16. The van der Waals surface area contributed by atoms with Crippen molar-refractivity contribution in [1.82, 2.24) is 0 Å². The van der Waals surface area contributed by atoms with Crippen LogP contribution in [0.2, 0.25) is 0 Å². The molecule has 15 heavy (non-hydrogen) atoms. The molecule has 0 aromatic carbocycles. The summed E-state index contributed by atoms with van der Waals surface area (Å²) in [6, 6.07) is 0. The molecule has 0 aromatic heterocycles. The molecule has 1 N–H and O–H groups in total. The van der Waals surface area contributed by atoms with Crippen LogP contribution >= 0.6 is 0 Å². The Hall–Kier alpha value is -1.10. The number of carbonyl (C=O) groups is 2. The Morgan fingerprint density at radius 1 is 1.13 bits per heavy atom. The molecule has 0 saturated carbocycles. The Balaban J connectivity index is 3.46. The van der Waals surface area contributed by atoms with Crippen LogP contribution in [0.15, 0.2) is 0 Å². The zero-order valence-corrected chi connectivity index (χ0v) is 9.41. The molecule has 0 unspecified atom stereocenters. The zero-order chi connectivity index (χ0) is 11.9. The Morgan fingerprint density at radius 3 is 2.13 bits per heavy atom. The molecule has 0 aliphatic carbocycles. The predicted molar refractivity (Wildman–Crippen MR) is 53.0 cm³/mol. The Kier molecular flexibility index (Phi) is 5.93. The maximum Gasteiger partial charge on any atom is 0.342 e. The third-order valence-corrected chi connectivity index (χ3v) is 1.41. The van der Waals surface area contributed by atoms with E-state index >= 15 is 0 Å². The number of aliphatic carboxylic acids is 1. The average molecular weight is 218 g/mol. The Labute approximate surface area is 89.3 Å². The lowest BCUT2D eigenvalue weighted by Crippen LogP contribution is -2.21. The summed E-state index contributed by atoms with van der Waals surface area (Å²) in [5.74, 6) is -1.32. The fourth-order valence-electron chi connectivity index (χ4n) is 0.759. The standard InChI is InChI=1S/C10H18O5/c1-10(2,3)15-14-9(13)7-5-4-6-8(11)12/h4-7H2,1-3H3,(H,11,12). The molecule has 0 aliphatic heterocycles. The van der Waals surface area contributed by atoms with Gasteiger partial charge in [0.1, 0.15) is 5.60 Å². The summed E-state index contributed by atoms with van der Waals surface area (Å²) in [5.41, 5.74) is -0.517. The minimum atomic E-state index is -0.852. The normalized spacial score (nSPS) is 11.1. The summed E-state index contributed by atoms with van der Waals surface area (Å²) < 4.78 is 0. The molecule has 0 aromatic rings. The second-order valence-corrected chi connectivity index (χ2v) is 4.25. The van der Waals surface area contributed by atoms with Gasteiger partial charge in [0.2, 0.25) is 0 Å². The molecule has 5 nitrogen and oxygen atoms in total. The highest BCUT2D eigenvalue weighted by atomic mass is 17.2. The van der Waals surface area contributed by atoms with Crippen LogP contribution in [0.5, 0.6) is 0 Å². The fourth-order valence-corrected chi connectivity index (χ4v) is 0.759. The molecule has 5 heteroatoms. The first-order valence-corrected chi connectivity index (χ1v) is 4.91. The zero-order valence-electron chi connectivity index (χ0n) is 9.41. The van der Waals surface area contributed by atoms with Crippen molar-refractivity contribution in [2.24, 2.45) is 0 Å². The van der Waals surface area contributed by atoms with Crippen molar-refractivity contribution >= 4 is 11.9 Å². The molecule has 0 radical (unpaired) electrons. The van der Waals surface area contributed by atoms with Gasteiger partial charge in [0.25, 0.3) is 0 Å². The van der Waals surface area contributed by atoms with Crippen molar-refractivity contribution in [3.8, 4) is 0 Å². The van der Waals surface area contributed by atoms with Crippen molar-refractivity contribution in [2.75, 3.05) is 0 Å². The number of hydrogen-bond acceptors (Lipinski definition) is 4. The van der Waals surface area contributed by atoms with Crippen LogP contribution < -0.4 is 0 Å². The van der Waals surface area contributed by atoms with Crippen LogP contribution in [0, 0.1) is 0 Å². The molecule has 0 bridgehead atoms. The van der Waals surface area contributed by atoms with Gasteiger partial charge >= 0.3 is 11.9 Å². The number of carbonyl (C=O) groups excluding carboxylic acids is 1. The average Bonchev–Trinajstić information content (AvgIpc) is 2.07. The molecule has 0 rings (SSSR count). The van der Waals surface area contributed by atoms with E-state index in [1.807, 2.05) is 0 Å². The van der Waals surface area contributed by atoms with E-state index in [1.165, 1.54) is 0 Å². The second-order valence-electron chi connectivity index (χ2n) is 4.25. The molecule has 0 amide bonds. The van der Waals surface area contributed by atoms with Crippen LogP contribution in [0.4, 0.5) is 0 Å². The van der Waals surface area contributed by atoms with Crippen LogP contribution in [0.3, 0.4) is 0 Å². The van der Waals surface area contributed by atoms with Gasteiger partial charge in [-0.2, -0.15) is 4.89 Å². The van der Waals surface area contributed by atoms with Crippen LogP contribution in [0.1, 0.15) is 46.5 Å². The highest BCUT2D eigenvalue weighted by Crippen LogP contribution is 2.09. The summed E-state index contributed by atoms with van der Waals surface area (Å²) in [6.45, 7) is 5.31. The highest BCUT2D eigenvalue weighted by Gasteiger charge is 2.14. The first-order valence-electron chi connectivity index (χ1n) is 4.91. The Bertz CT molecular complexity index is 216. The minimum Gasteiger partial charge on any atom is -0.481 e. The van der Waals surface area contributed by atoms with Gasteiger partial charge < -0.3 is 5.11 Å². The number of carboxylic acid groups (broad SMARTS) is 1. The van der Waals surface area contributed by atoms with Crippen molar-refractivity contribution in [2.45, 2.75) is 52.1 Å². The summed E-state index contributed by atoms with van der Waals surface area (Å²) in [7, 11) is 0. The first kappa shape index (κ1) is 13.9. The first-order chi connectivity index (χ1) is 6.81. The summed E-state index contributed by atoms with van der Waals surface area (Å²) in [5, 5.41) is 8.35. The Morgan fingerprint density at radius 2 is 1.67 bits per heavy atom. The maximum atomic E-state index is 11.0. The molecule has 0 fully saturated rings. The van der Waals surface area contributed by atoms with Gasteiger partial charge in [-0.25, -0.2) is 4.79 Å². The molecular weight excluding hydrogens is 200 g/mol. The summed E-state index contributed by atoms with van der Waals surface area (Å²) in [4.78, 5) is 30.5. The number of hydrogen-bond donors (Lipinski definition) is 1. The summed E-state index contributed by atoms with van der Waals surface area (Å²) >= 11 is 0. The molecule has 0 atom stereocenters. The molecule has 0 saturated heterocycles. The lowest BCUT2D eigenvalue weighted by molar-refractivity contribution is -0.320. The smallest absolute Gasteiger partial charge is 0.342 e. The van der Waals surface area contributed by atoms with Crippen molar-refractivity contribution in [3.05, 3.63) is 0 Å². The summed E-state index contributed by atoms with van der Waals surface area (Å²) in [6.07, 6.45) is 1.23. The molecule has 0 spiro atoms. The minimum absolute atomic E-state index is 0.0768. The van der Waals surface area contributed by atoms with Gasteiger partial charge in [0.05, 0.1) is 0 Å². The second kappa shape index (κ2) is 6.40. The highest BCUT2D eigenvalue weighted by molar-refractivity contribution is 5.69. The van der Waals surface area contributed by atoms with E-state index < -0.39 is 17.5 Å². The van der Waals surface area contributed by atoms with Crippen molar-refractivity contribution in [1.29, 1.82) is 0 Å². The number of unbranched alkanes of at least 4 members (excludes halogenated alkanes) is 1. The SMILES string of the molecule is CC(C)(C)OOC(=O)CCCCC(=O)O. The van der Waals surface area contributed by atoms with E-state index in [2.05, 4.69) is 4.89 Å². The molecular formula is C10H18O5. The van der Waals surface area contributed by atoms with Gasteiger partial charge in [-0.05, 0) is 33.6 Å². The largest absolute Gasteiger partial charge is 0.481 e. The fraction of sp³-hybridized carbons (Fsp3) is 0.800. The predicted octanol–water partition coefficient (Wildman–Crippen LogP) is 1.90. The van der Waals surface area contributed by atoms with Gasteiger partial charge in [0.15, 0.2) is 0 Å². The van der Waals surface area contributed by atoms with Crippen LogP contribution in [-0.2, 0) is 19.4 Å². The third kappa shape index (κ3) is 10.8. The van der Waals surface area contributed by atoms with E-state index in [-0.39, 0.29) is 12.8 Å². The van der Waals surface area contributed by atoms with Crippen LogP contribution in [0.25, 0.3) is 0 Å². The number of carboxylic acids is 1. The molecule has 0 aliphatic rings. The number of rotatable bonds is 6.